The van der Waals surface area contributed by atoms with Gasteiger partial charge in [0.05, 0.1) is 6.61 Å². The van der Waals surface area contributed by atoms with Crippen LogP contribution in [0.15, 0.2) is 30.3 Å². The lowest BCUT2D eigenvalue weighted by Crippen LogP contribution is -2.60. The normalized spacial score (nSPS) is 32.7. The fraction of sp³-hybridized carbons (Fsp3) is 0.500. The van der Waals surface area contributed by atoms with Gasteiger partial charge >= 0.3 is 0 Å². The molecule has 1 aliphatic heterocycles. The van der Waals surface area contributed by atoms with Gasteiger partial charge in [-0.25, -0.2) is 0 Å². The first-order valence-corrected chi connectivity index (χ1v) is 6.68. The summed E-state index contributed by atoms with van der Waals surface area (Å²) in [5, 5.41) is 40.8. The first-order valence-electron chi connectivity index (χ1n) is 6.68. The van der Waals surface area contributed by atoms with Gasteiger partial charge in [0.25, 0.3) is 5.91 Å². The van der Waals surface area contributed by atoms with Gasteiger partial charge in [0.15, 0.2) is 0 Å². The lowest BCUT2D eigenvalue weighted by Gasteiger charge is -2.40. The molecule has 2 rings (SSSR count). The highest BCUT2D eigenvalue weighted by Crippen LogP contribution is 2.20. The van der Waals surface area contributed by atoms with Crippen LogP contribution in [0, 0.1) is 0 Å². The summed E-state index contributed by atoms with van der Waals surface area (Å²) in [6, 6.07) is 8.52. The van der Waals surface area contributed by atoms with Crippen LogP contribution in [0.1, 0.15) is 10.4 Å². The molecule has 5 atom stereocenters. The summed E-state index contributed by atoms with van der Waals surface area (Å²) in [5.74, 6) is -0.340. The highest BCUT2D eigenvalue weighted by molar-refractivity contribution is 5.94. The third-order valence-corrected chi connectivity index (χ3v) is 3.49. The fourth-order valence-electron chi connectivity index (χ4n) is 2.23. The molecule has 7 nitrogen and oxygen atoms in total. The summed E-state index contributed by atoms with van der Waals surface area (Å²) < 4.78 is 5.29. The summed E-state index contributed by atoms with van der Waals surface area (Å²) in [5.41, 5.74) is 0.460. The Kier molecular flexibility index (Phi) is 5.27. The molecule has 1 amide bonds. The zero-order valence-corrected chi connectivity index (χ0v) is 11.3. The molecule has 1 aliphatic rings. The number of amides is 1. The van der Waals surface area contributed by atoms with Crippen LogP contribution in [0.3, 0.4) is 0 Å². The molecule has 116 valence electrons. The van der Waals surface area contributed by atoms with Gasteiger partial charge in [-0.15, -0.1) is 0 Å². The van der Waals surface area contributed by atoms with Crippen molar-refractivity contribution in [3.8, 4) is 0 Å². The van der Waals surface area contributed by atoms with Gasteiger partial charge in [0.1, 0.15) is 30.5 Å². The van der Waals surface area contributed by atoms with Crippen molar-refractivity contribution < 1.29 is 30.0 Å². The zero-order valence-electron chi connectivity index (χ0n) is 11.3. The van der Waals surface area contributed by atoms with Crippen LogP contribution in [0.5, 0.6) is 0 Å². The molecule has 1 aromatic rings. The van der Waals surface area contributed by atoms with E-state index < -0.39 is 37.1 Å². The maximum atomic E-state index is 11.9. The predicted molar refractivity (Wildman–Crippen MR) is 72.5 cm³/mol. The molecular formula is C14H19NO6. The van der Waals surface area contributed by atoms with Crippen molar-refractivity contribution in [3.63, 3.8) is 0 Å². The number of benzene rings is 1. The molecule has 0 radical (unpaired) electrons. The van der Waals surface area contributed by atoms with Crippen LogP contribution < -0.4 is 5.32 Å². The first-order chi connectivity index (χ1) is 10.0. The van der Waals surface area contributed by atoms with Crippen molar-refractivity contribution in [3.05, 3.63) is 35.9 Å². The molecule has 0 spiro atoms. The van der Waals surface area contributed by atoms with Crippen LogP contribution in [0.4, 0.5) is 0 Å². The molecule has 7 heteroatoms. The number of rotatable bonds is 4. The number of ether oxygens (including phenoxy) is 1. The van der Waals surface area contributed by atoms with Gasteiger partial charge < -0.3 is 30.5 Å². The van der Waals surface area contributed by atoms with E-state index in [1.54, 1.807) is 30.3 Å². The highest BCUT2D eigenvalue weighted by atomic mass is 16.5. The lowest BCUT2D eigenvalue weighted by molar-refractivity contribution is -0.227. The third-order valence-electron chi connectivity index (χ3n) is 3.49. The SMILES string of the molecule is O=C(NC[C@@H]1O[C@H](CO)[C@@H](O)[C@H](O)[C@H]1O)c1ccccc1. The second kappa shape index (κ2) is 6.97. The van der Waals surface area contributed by atoms with Crippen LogP contribution in [-0.4, -0.2) is 70.0 Å². The number of aliphatic hydroxyl groups is 4. The Morgan fingerprint density at radius 3 is 2.29 bits per heavy atom. The number of nitrogens with one attached hydrogen (secondary N) is 1. The summed E-state index contributed by atoms with van der Waals surface area (Å²) in [6.07, 6.45) is -6.06. The Morgan fingerprint density at radius 1 is 1.05 bits per heavy atom. The van der Waals surface area contributed by atoms with E-state index in [0.717, 1.165) is 0 Å². The lowest BCUT2D eigenvalue weighted by atomic mass is 9.95. The van der Waals surface area contributed by atoms with Crippen LogP contribution in [-0.2, 0) is 4.74 Å². The Hall–Kier alpha value is -1.51. The molecule has 1 heterocycles. The minimum atomic E-state index is -1.44. The third kappa shape index (κ3) is 3.58. The van der Waals surface area contributed by atoms with Gasteiger partial charge in [-0.3, -0.25) is 4.79 Å². The fourth-order valence-corrected chi connectivity index (χ4v) is 2.23. The molecule has 1 saturated heterocycles. The van der Waals surface area contributed by atoms with Crippen LogP contribution >= 0.6 is 0 Å². The molecule has 5 N–H and O–H groups in total. The van der Waals surface area contributed by atoms with E-state index in [1.165, 1.54) is 0 Å². The monoisotopic (exact) mass is 297 g/mol. The average molecular weight is 297 g/mol. The predicted octanol–water partition coefficient (Wildman–Crippen LogP) is -1.74. The molecule has 0 bridgehead atoms. The van der Waals surface area contributed by atoms with E-state index in [1.807, 2.05) is 0 Å². The Labute approximate surface area is 121 Å². The summed E-state index contributed by atoms with van der Waals surface area (Å²) in [7, 11) is 0. The standard InChI is InChI=1S/C14H19NO6/c16-7-10-12(18)13(19)11(17)9(21-10)6-15-14(20)8-4-2-1-3-5-8/h1-5,9-13,16-19H,6-7H2,(H,15,20)/t9-,10+,11-,12+,13+/m0/s1. The van der Waals surface area contributed by atoms with Crippen molar-refractivity contribution in [2.24, 2.45) is 0 Å². The topological polar surface area (TPSA) is 119 Å². The van der Waals surface area contributed by atoms with E-state index in [4.69, 9.17) is 9.84 Å². The minimum Gasteiger partial charge on any atom is -0.394 e. The molecule has 0 aliphatic carbocycles. The minimum absolute atomic E-state index is 0.0465. The van der Waals surface area contributed by atoms with E-state index in [9.17, 15) is 20.1 Å². The Balaban J connectivity index is 1.94. The second-order valence-electron chi connectivity index (χ2n) is 4.94. The number of carbonyl (C=O) groups excluding carboxylic acids is 1. The average Bonchev–Trinajstić information content (AvgIpc) is 2.52. The summed E-state index contributed by atoms with van der Waals surface area (Å²) >= 11 is 0. The van der Waals surface area contributed by atoms with Crippen molar-refractivity contribution in [2.75, 3.05) is 13.2 Å². The van der Waals surface area contributed by atoms with E-state index in [-0.39, 0.29) is 12.5 Å². The molecular weight excluding hydrogens is 278 g/mol. The largest absolute Gasteiger partial charge is 0.394 e. The zero-order chi connectivity index (χ0) is 15.4. The van der Waals surface area contributed by atoms with Gasteiger partial charge in [-0.05, 0) is 12.1 Å². The van der Waals surface area contributed by atoms with E-state index in [2.05, 4.69) is 5.32 Å². The Morgan fingerprint density at radius 2 is 1.67 bits per heavy atom. The van der Waals surface area contributed by atoms with E-state index in [0.29, 0.717) is 5.56 Å². The molecule has 21 heavy (non-hydrogen) atoms. The van der Waals surface area contributed by atoms with Crippen molar-refractivity contribution in [1.29, 1.82) is 0 Å². The van der Waals surface area contributed by atoms with Crippen molar-refractivity contribution >= 4 is 5.91 Å². The molecule has 0 saturated carbocycles. The number of hydrogen-bond donors (Lipinski definition) is 5. The van der Waals surface area contributed by atoms with Crippen LogP contribution in [0.25, 0.3) is 0 Å². The smallest absolute Gasteiger partial charge is 0.251 e. The first kappa shape index (κ1) is 15.9. The quantitative estimate of drug-likeness (QED) is 0.450. The van der Waals surface area contributed by atoms with E-state index >= 15 is 0 Å². The molecule has 1 aromatic carbocycles. The maximum absolute atomic E-state index is 11.9. The summed E-state index contributed by atoms with van der Waals surface area (Å²) in [4.78, 5) is 11.9. The highest BCUT2D eigenvalue weighted by Gasteiger charge is 2.43. The number of carbonyl (C=O) groups is 1. The summed E-state index contributed by atoms with van der Waals surface area (Å²) in [6.45, 7) is -0.538. The number of aliphatic hydroxyl groups excluding tert-OH is 4. The molecule has 1 fully saturated rings. The van der Waals surface area contributed by atoms with Crippen molar-refractivity contribution in [1.82, 2.24) is 5.32 Å². The van der Waals surface area contributed by atoms with Gasteiger partial charge in [0, 0.05) is 12.1 Å². The molecule has 0 unspecified atom stereocenters. The number of hydrogen-bond acceptors (Lipinski definition) is 6. The second-order valence-corrected chi connectivity index (χ2v) is 4.94. The maximum Gasteiger partial charge on any atom is 0.251 e. The van der Waals surface area contributed by atoms with Crippen LogP contribution in [0.2, 0.25) is 0 Å². The van der Waals surface area contributed by atoms with Gasteiger partial charge in [-0.2, -0.15) is 0 Å². The Bertz CT molecular complexity index is 466. The molecule has 0 aromatic heterocycles. The van der Waals surface area contributed by atoms with Crippen molar-refractivity contribution in [2.45, 2.75) is 30.5 Å². The van der Waals surface area contributed by atoms with Gasteiger partial charge in [-0.1, -0.05) is 18.2 Å². The van der Waals surface area contributed by atoms with Gasteiger partial charge in [0.2, 0.25) is 0 Å².